The number of hydrogen-bond donors (Lipinski definition) is 2. The molecule has 0 radical (unpaired) electrons. The third-order valence-electron chi connectivity index (χ3n) is 3.84. The number of likely N-dealkylation sites (tertiary alicyclic amines) is 1. The number of amidine groups is 1. The number of aromatic nitrogens is 1. The van der Waals surface area contributed by atoms with Crippen molar-refractivity contribution in [2.24, 2.45) is 10.9 Å². The van der Waals surface area contributed by atoms with Crippen molar-refractivity contribution in [1.82, 2.24) is 9.88 Å². The summed E-state index contributed by atoms with van der Waals surface area (Å²) in [4.78, 5) is 6.89. The Hall–Kier alpha value is -2.14. The third kappa shape index (κ3) is 2.44. The number of oxime groups is 1. The molecule has 0 bridgehead atoms. The monoisotopic (exact) mass is 270 g/mol. The maximum Gasteiger partial charge on any atom is 0.156 e. The zero-order chi connectivity index (χ0) is 13.9. The second-order valence-electron chi connectivity index (χ2n) is 5.15. The maximum absolute atomic E-state index is 8.84. The van der Waals surface area contributed by atoms with Gasteiger partial charge in [0.15, 0.2) is 5.84 Å². The Bertz CT molecular complexity index is 641. The molecule has 3 N–H and O–H groups in total. The summed E-state index contributed by atoms with van der Waals surface area (Å²) >= 11 is 0. The molecule has 0 amide bonds. The van der Waals surface area contributed by atoms with Gasteiger partial charge in [-0.15, -0.1) is 0 Å². The molecule has 1 aromatic heterocycles. The molecule has 1 saturated heterocycles. The standard InChI is InChI=1S/C15H18N4O/c16-15(18-20)14-6-3-9-19(14)10-12-8-7-11-4-1-2-5-13(11)17-12/h1-2,4-5,7-8,14,20H,3,6,9-10H2,(H2,16,18). The fourth-order valence-electron chi connectivity index (χ4n) is 2.82. The molecule has 1 atom stereocenters. The lowest BCUT2D eigenvalue weighted by molar-refractivity contribution is 0.272. The van der Waals surface area contributed by atoms with Crippen LogP contribution in [0.4, 0.5) is 0 Å². The zero-order valence-corrected chi connectivity index (χ0v) is 11.2. The largest absolute Gasteiger partial charge is 0.409 e. The second kappa shape index (κ2) is 5.46. The first-order valence-corrected chi connectivity index (χ1v) is 6.84. The molecule has 5 nitrogen and oxygen atoms in total. The molecule has 1 aliphatic heterocycles. The van der Waals surface area contributed by atoms with Crippen molar-refractivity contribution in [3.05, 3.63) is 42.1 Å². The Morgan fingerprint density at radius 1 is 1.35 bits per heavy atom. The molecule has 104 valence electrons. The van der Waals surface area contributed by atoms with Crippen LogP contribution >= 0.6 is 0 Å². The van der Waals surface area contributed by atoms with Gasteiger partial charge < -0.3 is 10.9 Å². The van der Waals surface area contributed by atoms with Gasteiger partial charge in [-0.05, 0) is 31.5 Å². The molecule has 1 aliphatic rings. The van der Waals surface area contributed by atoms with Crippen LogP contribution in [0.3, 0.4) is 0 Å². The van der Waals surface area contributed by atoms with E-state index in [-0.39, 0.29) is 6.04 Å². The van der Waals surface area contributed by atoms with Crippen molar-refractivity contribution in [3.8, 4) is 0 Å². The van der Waals surface area contributed by atoms with Crippen molar-refractivity contribution in [2.75, 3.05) is 6.54 Å². The van der Waals surface area contributed by atoms with Crippen LogP contribution in [0.15, 0.2) is 41.6 Å². The molecule has 20 heavy (non-hydrogen) atoms. The second-order valence-corrected chi connectivity index (χ2v) is 5.15. The molecule has 0 spiro atoms. The first-order valence-electron chi connectivity index (χ1n) is 6.84. The zero-order valence-electron chi connectivity index (χ0n) is 11.2. The van der Waals surface area contributed by atoms with Crippen LogP contribution in [-0.4, -0.2) is 33.5 Å². The van der Waals surface area contributed by atoms with E-state index in [4.69, 9.17) is 10.9 Å². The van der Waals surface area contributed by atoms with Crippen LogP contribution < -0.4 is 5.73 Å². The Morgan fingerprint density at radius 3 is 3.05 bits per heavy atom. The highest BCUT2D eigenvalue weighted by Crippen LogP contribution is 2.20. The average molecular weight is 270 g/mol. The number of benzene rings is 1. The van der Waals surface area contributed by atoms with E-state index in [2.05, 4.69) is 27.2 Å². The lowest BCUT2D eigenvalue weighted by Gasteiger charge is -2.22. The first kappa shape index (κ1) is 12.9. The van der Waals surface area contributed by atoms with Gasteiger partial charge in [-0.1, -0.05) is 29.4 Å². The van der Waals surface area contributed by atoms with E-state index < -0.39 is 0 Å². The summed E-state index contributed by atoms with van der Waals surface area (Å²) in [6.45, 7) is 1.68. The van der Waals surface area contributed by atoms with Crippen molar-refractivity contribution < 1.29 is 5.21 Å². The number of rotatable bonds is 3. The summed E-state index contributed by atoms with van der Waals surface area (Å²) in [7, 11) is 0. The Kier molecular flexibility index (Phi) is 3.52. The fourth-order valence-corrected chi connectivity index (χ4v) is 2.82. The third-order valence-corrected chi connectivity index (χ3v) is 3.84. The van der Waals surface area contributed by atoms with E-state index in [0.29, 0.717) is 5.84 Å². The van der Waals surface area contributed by atoms with Crippen molar-refractivity contribution in [2.45, 2.75) is 25.4 Å². The molecular formula is C15H18N4O. The van der Waals surface area contributed by atoms with E-state index in [1.54, 1.807) is 0 Å². The maximum atomic E-state index is 8.84. The SMILES string of the molecule is NC(=NO)C1CCCN1Cc1ccc2ccccc2n1. The number of fused-ring (bicyclic) bond motifs is 1. The van der Waals surface area contributed by atoms with Crippen LogP contribution in [0.5, 0.6) is 0 Å². The molecule has 1 fully saturated rings. The summed E-state index contributed by atoms with van der Waals surface area (Å²) in [5.74, 6) is 0.295. The summed E-state index contributed by atoms with van der Waals surface area (Å²) in [5.41, 5.74) is 7.77. The fraction of sp³-hybridized carbons (Fsp3) is 0.333. The molecule has 5 heteroatoms. The molecule has 1 unspecified atom stereocenters. The molecule has 3 rings (SSSR count). The smallest absolute Gasteiger partial charge is 0.156 e. The average Bonchev–Trinajstić information content (AvgIpc) is 2.94. The van der Waals surface area contributed by atoms with Crippen LogP contribution in [0.2, 0.25) is 0 Å². The van der Waals surface area contributed by atoms with Gasteiger partial charge in [-0.2, -0.15) is 0 Å². The van der Waals surface area contributed by atoms with E-state index in [1.807, 2.05) is 24.3 Å². The summed E-state index contributed by atoms with van der Waals surface area (Å²) in [6.07, 6.45) is 2.00. The quantitative estimate of drug-likeness (QED) is 0.387. The first-order chi connectivity index (χ1) is 9.78. The Labute approximate surface area is 117 Å². The minimum atomic E-state index is 0.0215. The number of hydrogen-bond acceptors (Lipinski definition) is 4. The van der Waals surface area contributed by atoms with Gasteiger partial charge in [0, 0.05) is 11.9 Å². The molecule has 0 aliphatic carbocycles. The van der Waals surface area contributed by atoms with Crippen LogP contribution in [0.25, 0.3) is 10.9 Å². The highest BCUT2D eigenvalue weighted by molar-refractivity contribution is 5.85. The van der Waals surface area contributed by atoms with Gasteiger partial charge >= 0.3 is 0 Å². The molecule has 2 aromatic rings. The van der Waals surface area contributed by atoms with E-state index in [0.717, 1.165) is 42.5 Å². The molecule has 0 saturated carbocycles. The van der Waals surface area contributed by atoms with Gasteiger partial charge in [0.25, 0.3) is 0 Å². The van der Waals surface area contributed by atoms with Crippen LogP contribution in [0, 0.1) is 0 Å². The topological polar surface area (TPSA) is 74.7 Å². The van der Waals surface area contributed by atoms with Crippen molar-refractivity contribution in [3.63, 3.8) is 0 Å². The van der Waals surface area contributed by atoms with Crippen molar-refractivity contribution >= 4 is 16.7 Å². The van der Waals surface area contributed by atoms with E-state index >= 15 is 0 Å². The summed E-state index contributed by atoms with van der Waals surface area (Å²) in [5, 5.41) is 13.1. The van der Waals surface area contributed by atoms with E-state index in [9.17, 15) is 0 Å². The highest BCUT2D eigenvalue weighted by Gasteiger charge is 2.28. The van der Waals surface area contributed by atoms with Gasteiger partial charge in [0.2, 0.25) is 0 Å². The molecule has 1 aromatic carbocycles. The Balaban J connectivity index is 1.82. The normalized spacial score (nSPS) is 20.6. The number of nitrogens with two attached hydrogens (primary N) is 1. The number of pyridine rings is 1. The minimum Gasteiger partial charge on any atom is -0.409 e. The van der Waals surface area contributed by atoms with Crippen molar-refractivity contribution in [1.29, 1.82) is 0 Å². The van der Waals surface area contributed by atoms with Gasteiger partial charge in [0.1, 0.15) is 0 Å². The van der Waals surface area contributed by atoms with Crippen LogP contribution in [-0.2, 0) is 6.54 Å². The molecular weight excluding hydrogens is 252 g/mol. The van der Waals surface area contributed by atoms with Gasteiger partial charge in [-0.25, -0.2) is 0 Å². The lowest BCUT2D eigenvalue weighted by Crippen LogP contribution is -2.40. The predicted octanol–water partition coefficient (Wildman–Crippen LogP) is 1.95. The van der Waals surface area contributed by atoms with Crippen LogP contribution in [0.1, 0.15) is 18.5 Å². The highest BCUT2D eigenvalue weighted by atomic mass is 16.4. The molecule has 2 heterocycles. The van der Waals surface area contributed by atoms with E-state index in [1.165, 1.54) is 0 Å². The number of para-hydroxylation sites is 1. The summed E-state index contributed by atoms with van der Waals surface area (Å²) < 4.78 is 0. The number of nitrogens with zero attached hydrogens (tertiary/aromatic N) is 3. The van der Waals surface area contributed by atoms with Gasteiger partial charge in [-0.3, -0.25) is 9.88 Å². The van der Waals surface area contributed by atoms with Gasteiger partial charge in [0.05, 0.1) is 17.3 Å². The minimum absolute atomic E-state index is 0.0215. The predicted molar refractivity (Wildman–Crippen MR) is 78.6 cm³/mol. The Morgan fingerprint density at radius 2 is 2.20 bits per heavy atom. The lowest BCUT2D eigenvalue weighted by atomic mass is 10.2. The summed E-state index contributed by atoms with van der Waals surface area (Å²) in [6, 6.07) is 12.2.